The highest BCUT2D eigenvalue weighted by molar-refractivity contribution is 6.31. The molecule has 9 heteroatoms. The number of hydrazone groups is 1. The molecule has 1 aromatic carbocycles. The lowest BCUT2D eigenvalue weighted by molar-refractivity contribution is 0.160. The summed E-state index contributed by atoms with van der Waals surface area (Å²) in [5.74, 6) is 1.08. The molecule has 7 nitrogen and oxygen atoms in total. The van der Waals surface area contributed by atoms with Crippen molar-refractivity contribution < 1.29 is 9.25 Å². The number of alkyl halides is 1. The Bertz CT molecular complexity index is 937. The van der Waals surface area contributed by atoms with Crippen molar-refractivity contribution in [2.24, 2.45) is 10.1 Å². The molecular weight excluding hydrogens is 377 g/mol. The van der Waals surface area contributed by atoms with Crippen molar-refractivity contribution in [3.8, 4) is 6.07 Å². The number of nitriles is 1. The molecule has 2 aliphatic heterocycles. The number of anilines is 1. The van der Waals surface area contributed by atoms with Gasteiger partial charge in [0.2, 0.25) is 0 Å². The molecule has 4 rings (SSSR count). The molecule has 1 saturated heterocycles. The van der Waals surface area contributed by atoms with Gasteiger partial charge in [-0.15, -0.1) is 0 Å². The predicted octanol–water partition coefficient (Wildman–Crippen LogP) is 3.56. The number of fused-ring (bicyclic) bond motifs is 3. The number of hydrogen-bond donors (Lipinski definition) is 0. The van der Waals surface area contributed by atoms with E-state index in [1.54, 1.807) is 59.9 Å². The lowest BCUT2D eigenvalue weighted by Gasteiger charge is -2.35. The minimum absolute atomic E-state index is 0.0242. The molecule has 3 heterocycles. The number of benzene rings is 1. The van der Waals surface area contributed by atoms with Gasteiger partial charge in [-0.25, -0.2) is 10.1 Å². The van der Waals surface area contributed by atoms with Crippen LogP contribution in [-0.4, -0.2) is 41.6 Å². The first-order valence-electron chi connectivity index (χ1n) is 7.73. The Morgan fingerprint density at radius 2 is 2.35 bits per heavy atom. The highest BCUT2D eigenvalue weighted by Crippen LogP contribution is 2.45. The highest BCUT2D eigenvalue weighted by atomic mass is 35.5. The molecular formula is C17H13Cl2N5O2. The largest absolute Gasteiger partial charge is 0.463 e. The number of halogens is 2. The summed E-state index contributed by atoms with van der Waals surface area (Å²) in [5, 5.41) is 17.6. The van der Waals surface area contributed by atoms with Gasteiger partial charge in [0.05, 0.1) is 29.9 Å². The first-order valence-corrected chi connectivity index (χ1v) is 8.49. The molecule has 0 aliphatic carbocycles. The van der Waals surface area contributed by atoms with Gasteiger partial charge in [-0.05, 0) is 30.3 Å². The monoisotopic (exact) mass is 389 g/mol. The zero-order valence-electron chi connectivity index (χ0n) is 13.6. The second-order valence-electron chi connectivity index (χ2n) is 5.86. The minimum atomic E-state index is -1.30. The molecule has 0 N–H and O–H groups in total. The Balaban J connectivity index is 1.77. The third-order valence-corrected chi connectivity index (χ3v) is 4.79. The van der Waals surface area contributed by atoms with Gasteiger partial charge in [-0.3, -0.25) is 9.85 Å². The fraction of sp³-hybridized carbons (Fsp3) is 0.235. The number of aliphatic imine (C=N–C) groups is 1. The summed E-state index contributed by atoms with van der Waals surface area (Å²) in [4.78, 5) is 9.07. The van der Waals surface area contributed by atoms with Crippen LogP contribution >= 0.6 is 23.2 Å². The Morgan fingerprint density at radius 3 is 3.08 bits per heavy atom. The van der Waals surface area contributed by atoms with Gasteiger partial charge >= 0.3 is 0 Å². The zero-order chi connectivity index (χ0) is 18.3. The molecule has 2 aliphatic rings. The lowest BCUT2D eigenvalue weighted by atomic mass is 9.98. The molecule has 0 amide bonds. The van der Waals surface area contributed by atoms with Crippen LogP contribution in [0.5, 0.6) is 0 Å². The van der Waals surface area contributed by atoms with Gasteiger partial charge in [0.25, 0.3) is 0 Å². The van der Waals surface area contributed by atoms with E-state index >= 15 is 0 Å². The summed E-state index contributed by atoms with van der Waals surface area (Å²) in [6.45, 7) is 0.0242. The molecule has 2 aromatic rings. The number of rotatable bonds is 2. The van der Waals surface area contributed by atoms with Crippen molar-refractivity contribution in [2.45, 2.75) is 10.9 Å². The lowest BCUT2D eigenvalue weighted by Crippen LogP contribution is -2.52. The van der Waals surface area contributed by atoms with E-state index in [2.05, 4.69) is 16.2 Å². The number of likely N-dealkylation sites (N-methyl/N-ethyl adjacent to an activating group) is 1. The van der Waals surface area contributed by atoms with Crippen LogP contribution in [0, 0.1) is 11.3 Å². The summed E-state index contributed by atoms with van der Waals surface area (Å²) in [5.41, 5.74) is 1.31. The molecule has 2 unspecified atom stereocenters. The Kier molecular flexibility index (Phi) is 4.11. The maximum absolute atomic E-state index is 9.60. The topological polar surface area (TPSA) is 77.4 Å². The van der Waals surface area contributed by atoms with Crippen molar-refractivity contribution in [1.29, 1.82) is 5.26 Å². The van der Waals surface area contributed by atoms with Gasteiger partial charge in [0, 0.05) is 12.1 Å². The normalized spacial score (nSPS) is 24.2. The Hall–Kier alpha value is -2.53. The quantitative estimate of drug-likeness (QED) is 0.445. The van der Waals surface area contributed by atoms with E-state index in [-0.39, 0.29) is 6.61 Å². The fourth-order valence-electron chi connectivity index (χ4n) is 2.88. The van der Waals surface area contributed by atoms with Crippen LogP contribution in [0.4, 0.5) is 11.4 Å². The third-order valence-electron chi connectivity index (χ3n) is 4.15. The van der Waals surface area contributed by atoms with E-state index in [1.165, 1.54) is 0 Å². The molecule has 0 saturated carbocycles. The van der Waals surface area contributed by atoms with Crippen LogP contribution in [0.15, 0.2) is 51.1 Å². The average molecular weight is 390 g/mol. The first kappa shape index (κ1) is 16.9. The van der Waals surface area contributed by atoms with Gasteiger partial charge in [0.15, 0.2) is 16.8 Å². The molecule has 0 spiro atoms. The van der Waals surface area contributed by atoms with Crippen molar-refractivity contribution in [3.05, 3.63) is 47.4 Å². The molecule has 1 fully saturated rings. The number of furan rings is 1. The average Bonchev–Trinajstić information content (AvgIpc) is 3.28. The van der Waals surface area contributed by atoms with E-state index in [1.807, 2.05) is 0 Å². The smallest absolute Gasteiger partial charge is 0.186 e. The highest BCUT2D eigenvalue weighted by Gasteiger charge is 2.54. The Labute approximate surface area is 159 Å². The summed E-state index contributed by atoms with van der Waals surface area (Å²) in [6.07, 6.45) is 3.12. The Morgan fingerprint density at radius 1 is 1.50 bits per heavy atom. The second-order valence-corrected chi connectivity index (χ2v) is 6.97. The molecule has 0 bridgehead atoms. The SMILES string of the molecule is CN(/N=C/c1ccco1)C1=Nc2ccc(Cl)cc2N2OCC(Cl)(C#N)C12. The van der Waals surface area contributed by atoms with E-state index in [0.717, 1.165) is 0 Å². The van der Waals surface area contributed by atoms with Gasteiger partial charge in [0.1, 0.15) is 12.4 Å². The fourth-order valence-corrected chi connectivity index (χ4v) is 3.28. The maximum atomic E-state index is 9.60. The van der Waals surface area contributed by atoms with Crippen LogP contribution < -0.4 is 5.06 Å². The van der Waals surface area contributed by atoms with E-state index < -0.39 is 10.9 Å². The third kappa shape index (κ3) is 2.72. The standard InChI is InChI=1S/C17H13Cl2N5O2/c1-23(21-8-12-3-2-6-25-12)16-15-17(19,9-20)10-26-24(15)14-7-11(18)4-5-13(14)22-16/h2-8,15H,10H2,1H3/b21-8+. The second kappa shape index (κ2) is 6.32. The van der Waals surface area contributed by atoms with Gasteiger partial charge in [-0.1, -0.05) is 23.2 Å². The first-order chi connectivity index (χ1) is 12.5. The van der Waals surface area contributed by atoms with Gasteiger partial charge in [-0.2, -0.15) is 10.4 Å². The predicted molar refractivity (Wildman–Crippen MR) is 99.0 cm³/mol. The van der Waals surface area contributed by atoms with Gasteiger partial charge < -0.3 is 4.42 Å². The number of hydrogen-bond acceptors (Lipinski definition) is 7. The number of hydroxylamine groups is 1. The summed E-state index contributed by atoms with van der Waals surface area (Å²) >= 11 is 12.6. The van der Waals surface area contributed by atoms with Crippen molar-refractivity contribution >= 4 is 46.6 Å². The number of amidine groups is 1. The summed E-state index contributed by atoms with van der Waals surface area (Å²) < 4.78 is 5.25. The van der Waals surface area contributed by atoms with Crippen molar-refractivity contribution in [2.75, 3.05) is 18.7 Å². The van der Waals surface area contributed by atoms with Crippen LogP contribution in [0.3, 0.4) is 0 Å². The van der Waals surface area contributed by atoms with E-state index in [0.29, 0.717) is 28.0 Å². The molecule has 1 aromatic heterocycles. The van der Waals surface area contributed by atoms with E-state index in [9.17, 15) is 5.26 Å². The van der Waals surface area contributed by atoms with Crippen LogP contribution in [0.25, 0.3) is 0 Å². The van der Waals surface area contributed by atoms with Crippen molar-refractivity contribution in [3.63, 3.8) is 0 Å². The molecule has 2 atom stereocenters. The number of nitrogens with zero attached hydrogens (tertiary/aromatic N) is 5. The molecule has 26 heavy (non-hydrogen) atoms. The summed E-state index contributed by atoms with van der Waals surface area (Å²) in [6, 6.07) is 10.3. The van der Waals surface area contributed by atoms with Crippen LogP contribution in [0.1, 0.15) is 5.76 Å². The maximum Gasteiger partial charge on any atom is 0.186 e. The zero-order valence-corrected chi connectivity index (χ0v) is 15.1. The van der Waals surface area contributed by atoms with Crippen LogP contribution in [0.2, 0.25) is 5.02 Å². The minimum Gasteiger partial charge on any atom is -0.463 e. The van der Waals surface area contributed by atoms with Crippen molar-refractivity contribution in [1.82, 2.24) is 5.01 Å². The van der Waals surface area contributed by atoms with Crippen LogP contribution in [-0.2, 0) is 4.84 Å². The molecule has 0 radical (unpaired) electrons. The van der Waals surface area contributed by atoms with E-state index in [4.69, 9.17) is 32.5 Å². The summed E-state index contributed by atoms with van der Waals surface area (Å²) in [7, 11) is 1.73. The molecule has 132 valence electrons.